The fourth-order valence-corrected chi connectivity index (χ4v) is 2.92. The maximum absolute atomic E-state index is 12.1. The van der Waals surface area contributed by atoms with Crippen LogP contribution in [0, 0.1) is 6.92 Å². The Labute approximate surface area is 156 Å². The molecular formula is C20H19N3O2S. The summed E-state index contributed by atoms with van der Waals surface area (Å²) in [6.07, 6.45) is 2.74. The number of benzene rings is 2. The highest BCUT2D eigenvalue weighted by Gasteiger charge is 2.08. The van der Waals surface area contributed by atoms with E-state index in [2.05, 4.69) is 15.6 Å². The van der Waals surface area contributed by atoms with Gasteiger partial charge in [-0.15, -0.1) is 11.3 Å². The largest absolute Gasteiger partial charge is 0.326 e. The normalized spacial score (nSPS) is 10.3. The second kappa shape index (κ2) is 8.40. The number of amides is 2. The van der Waals surface area contributed by atoms with E-state index in [-0.39, 0.29) is 11.8 Å². The van der Waals surface area contributed by atoms with Crippen LogP contribution in [-0.4, -0.2) is 16.8 Å². The van der Waals surface area contributed by atoms with Gasteiger partial charge < -0.3 is 5.32 Å². The SMILES string of the molecule is Cc1ccc(CCC(=O)Nc2ccc(C(=O)Nc3nccs3)cc2)cc1. The first-order valence-corrected chi connectivity index (χ1v) is 9.14. The lowest BCUT2D eigenvalue weighted by Crippen LogP contribution is -2.14. The molecule has 0 aliphatic heterocycles. The lowest BCUT2D eigenvalue weighted by molar-refractivity contribution is -0.116. The van der Waals surface area contributed by atoms with Crippen molar-refractivity contribution < 1.29 is 9.59 Å². The first kappa shape index (κ1) is 17.8. The Hall–Kier alpha value is -2.99. The molecule has 5 nitrogen and oxygen atoms in total. The number of carbonyl (C=O) groups is 2. The minimum absolute atomic E-state index is 0.0504. The smallest absolute Gasteiger partial charge is 0.257 e. The summed E-state index contributed by atoms with van der Waals surface area (Å²) in [5.74, 6) is -0.275. The van der Waals surface area contributed by atoms with E-state index in [4.69, 9.17) is 0 Å². The average molecular weight is 365 g/mol. The molecule has 1 heterocycles. The number of aryl methyl sites for hydroxylation is 2. The molecule has 3 rings (SSSR count). The number of hydrogen-bond acceptors (Lipinski definition) is 4. The monoisotopic (exact) mass is 365 g/mol. The van der Waals surface area contributed by atoms with Gasteiger partial charge in [0.25, 0.3) is 5.91 Å². The van der Waals surface area contributed by atoms with Gasteiger partial charge in [-0.1, -0.05) is 29.8 Å². The summed E-state index contributed by atoms with van der Waals surface area (Å²) >= 11 is 1.36. The molecule has 0 saturated carbocycles. The summed E-state index contributed by atoms with van der Waals surface area (Å²) < 4.78 is 0. The first-order valence-electron chi connectivity index (χ1n) is 8.26. The van der Waals surface area contributed by atoms with E-state index in [1.54, 1.807) is 35.8 Å². The molecule has 6 heteroatoms. The van der Waals surface area contributed by atoms with Crippen molar-refractivity contribution >= 4 is 34.0 Å². The Kier molecular flexibility index (Phi) is 5.76. The second-order valence-corrected chi connectivity index (χ2v) is 6.80. The third-order valence-electron chi connectivity index (χ3n) is 3.84. The zero-order valence-electron chi connectivity index (χ0n) is 14.4. The van der Waals surface area contributed by atoms with Crippen molar-refractivity contribution in [2.45, 2.75) is 19.8 Å². The summed E-state index contributed by atoms with van der Waals surface area (Å²) in [5, 5.41) is 7.93. The van der Waals surface area contributed by atoms with Gasteiger partial charge in [0.1, 0.15) is 0 Å². The molecule has 2 aromatic carbocycles. The van der Waals surface area contributed by atoms with Crippen molar-refractivity contribution in [2.75, 3.05) is 10.6 Å². The molecule has 0 aliphatic rings. The second-order valence-electron chi connectivity index (χ2n) is 5.90. The van der Waals surface area contributed by atoms with Crippen LogP contribution in [0.5, 0.6) is 0 Å². The van der Waals surface area contributed by atoms with Crippen molar-refractivity contribution in [1.82, 2.24) is 4.98 Å². The van der Waals surface area contributed by atoms with Crippen LogP contribution in [-0.2, 0) is 11.2 Å². The number of anilines is 2. The molecule has 0 atom stereocenters. The Morgan fingerprint density at radius 2 is 1.73 bits per heavy atom. The lowest BCUT2D eigenvalue weighted by atomic mass is 10.1. The molecule has 0 bridgehead atoms. The van der Waals surface area contributed by atoms with E-state index in [0.717, 1.165) is 5.56 Å². The molecule has 132 valence electrons. The maximum Gasteiger partial charge on any atom is 0.257 e. The highest BCUT2D eigenvalue weighted by Crippen LogP contribution is 2.15. The van der Waals surface area contributed by atoms with Crippen LogP contribution >= 0.6 is 11.3 Å². The standard InChI is InChI=1S/C20H19N3O2S/c1-14-2-4-15(5-3-14)6-11-18(24)22-17-9-7-16(8-10-17)19(25)23-20-21-12-13-26-20/h2-5,7-10,12-13H,6,11H2,1H3,(H,22,24)(H,21,23,25). The molecule has 0 fully saturated rings. The predicted molar refractivity (Wildman–Crippen MR) is 105 cm³/mol. The summed E-state index contributed by atoms with van der Waals surface area (Å²) in [5.41, 5.74) is 3.53. The number of carbonyl (C=O) groups excluding carboxylic acids is 2. The number of aromatic nitrogens is 1. The zero-order chi connectivity index (χ0) is 18.4. The number of thiazole rings is 1. The van der Waals surface area contributed by atoms with E-state index >= 15 is 0 Å². The Balaban J connectivity index is 1.51. The highest BCUT2D eigenvalue weighted by atomic mass is 32.1. The zero-order valence-corrected chi connectivity index (χ0v) is 15.2. The molecule has 2 N–H and O–H groups in total. The highest BCUT2D eigenvalue weighted by molar-refractivity contribution is 7.13. The van der Waals surface area contributed by atoms with Gasteiger partial charge >= 0.3 is 0 Å². The molecule has 26 heavy (non-hydrogen) atoms. The lowest BCUT2D eigenvalue weighted by Gasteiger charge is -2.07. The minimum atomic E-state index is -0.225. The van der Waals surface area contributed by atoms with Crippen LogP contribution in [0.3, 0.4) is 0 Å². The van der Waals surface area contributed by atoms with E-state index in [0.29, 0.717) is 29.2 Å². The van der Waals surface area contributed by atoms with Crippen LogP contribution in [0.1, 0.15) is 27.9 Å². The molecule has 0 spiro atoms. The first-order chi connectivity index (χ1) is 12.6. The van der Waals surface area contributed by atoms with E-state index in [1.165, 1.54) is 16.9 Å². The number of hydrogen-bond donors (Lipinski definition) is 2. The summed E-state index contributed by atoms with van der Waals surface area (Å²) in [6.45, 7) is 2.04. The Morgan fingerprint density at radius 3 is 2.38 bits per heavy atom. The van der Waals surface area contributed by atoms with Gasteiger partial charge in [0.2, 0.25) is 5.91 Å². The number of rotatable bonds is 6. The Bertz CT molecular complexity index is 872. The molecule has 0 radical (unpaired) electrons. The molecule has 3 aromatic rings. The van der Waals surface area contributed by atoms with Crippen molar-refractivity contribution in [3.63, 3.8) is 0 Å². The fraction of sp³-hybridized carbons (Fsp3) is 0.150. The molecule has 0 unspecified atom stereocenters. The van der Waals surface area contributed by atoms with Crippen LogP contribution in [0.2, 0.25) is 0 Å². The summed E-state index contributed by atoms with van der Waals surface area (Å²) in [4.78, 5) is 28.2. The topological polar surface area (TPSA) is 71.1 Å². The minimum Gasteiger partial charge on any atom is -0.326 e. The van der Waals surface area contributed by atoms with E-state index in [9.17, 15) is 9.59 Å². The van der Waals surface area contributed by atoms with Crippen LogP contribution in [0.25, 0.3) is 0 Å². The van der Waals surface area contributed by atoms with E-state index < -0.39 is 0 Å². The van der Waals surface area contributed by atoms with Crippen molar-refractivity contribution in [2.24, 2.45) is 0 Å². The predicted octanol–water partition coefficient (Wildman–Crippen LogP) is 4.28. The summed E-state index contributed by atoms with van der Waals surface area (Å²) in [7, 11) is 0. The van der Waals surface area contributed by atoms with Gasteiger partial charge in [-0.25, -0.2) is 4.98 Å². The quantitative estimate of drug-likeness (QED) is 0.685. The van der Waals surface area contributed by atoms with Gasteiger partial charge in [-0.3, -0.25) is 14.9 Å². The summed E-state index contributed by atoms with van der Waals surface area (Å²) in [6, 6.07) is 15.0. The van der Waals surface area contributed by atoms with Crippen molar-refractivity contribution in [3.05, 3.63) is 76.8 Å². The number of nitrogens with zero attached hydrogens (tertiary/aromatic N) is 1. The van der Waals surface area contributed by atoms with Crippen LogP contribution in [0.4, 0.5) is 10.8 Å². The third-order valence-corrected chi connectivity index (χ3v) is 4.53. The average Bonchev–Trinajstić information content (AvgIpc) is 3.15. The van der Waals surface area contributed by atoms with Crippen molar-refractivity contribution in [1.29, 1.82) is 0 Å². The van der Waals surface area contributed by atoms with Gasteiger partial charge in [0.05, 0.1) is 0 Å². The number of nitrogens with one attached hydrogen (secondary N) is 2. The van der Waals surface area contributed by atoms with Crippen LogP contribution in [0.15, 0.2) is 60.1 Å². The van der Waals surface area contributed by atoms with Gasteiger partial charge in [0, 0.05) is 29.2 Å². The third kappa shape index (κ3) is 5.00. The van der Waals surface area contributed by atoms with Crippen LogP contribution < -0.4 is 10.6 Å². The molecular weight excluding hydrogens is 346 g/mol. The Morgan fingerprint density at radius 1 is 1.00 bits per heavy atom. The van der Waals surface area contributed by atoms with Gasteiger partial charge in [0.15, 0.2) is 5.13 Å². The molecule has 0 saturated heterocycles. The van der Waals surface area contributed by atoms with Gasteiger partial charge in [-0.2, -0.15) is 0 Å². The van der Waals surface area contributed by atoms with E-state index in [1.807, 2.05) is 31.2 Å². The van der Waals surface area contributed by atoms with Crippen molar-refractivity contribution in [3.8, 4) is 0 Å². The molecule has 0 aliphatic carbocycles. The maximum atomic E-state index is 12.1. The molecule has 2 amide bonds. The fourth-order valence-electron chi connectivity index (χ4n) is 2.40. The van der Waals surface area contributed by atoms with Gasteiger partial charge in [-0.05, 0) is 43.2 Å². The molecule has 1 aromatic heterocycles.